The summed E-state index contributed by atoms with van der Waals surface area (Å²) >= 11 is 0. The van der Waals surface area contributed by atoms with E-state index in [4.69, 9.17) is 9.36 Å². The van der Waals surface area contributed by atoms with Crippen LogP contribution in [-0.4, -0.2) is 36.6 Å². The minimum atomic E-state index is -0.211. The van der Waals surface area contributed by atoms with Crippen LogP contribution in [-0.2, 0) is 4.84 Å². The third-order valence-electron chi connectivity index (χ3n) is 4.39. The molecule has 2 N–H and O–H groups in total. The molecule has 1 aromatic carbocycles. The molecule has 2 aliphatic heterocycles. The van der Waals surface area contributed by atoms with Crippen molar-refractivity contribution in [2.45, 2.75) is 18.9 Å². The Balaban J connectivity index is 1.40. The highest BCUT2D eigenvalue weighted by atomic mass is 19.1. The summed E-state index contributed by atoms with van der Waals surface area (Å²) in [7, 11) is 0. The number of hydrogen-bond donors (Lipinski definition) is 2. The highest BCUT2D eigenvalue weighted by Crippen LogP contribution is 2.25. The van der Waals surface area contributed by atoms with Gasteiger partial charge >= 0.3 is 0 Å². The average molecular weight is 342 g/mol. The second-order valence-electron chi connectivity index (χ2n) is 6.11. The lowest BCUT2D eigenvalue weighted by atomic mass is 9.96. The van der Waals surface area contributed by atoms with Crippen LogP contribution in [0.1, 0.15) is 24.0 Å². The van der Waals surface area contributed by atoms with Gasteiger partial charge in [-0.25, -0.2) is 4.39 Å². The van der Waals surface area contributed by atoms with Gasteiger partial charge in [-0.15, -0.1) is 0 Å². The SMILES string of the molecule is Fc1cc(C2=NOC(CNc3ccon3)C2)ccc1C1=CCNCC1. The first-order valence-corrected chi connectivity index (χ1v) is 8.36. The van der Waals surface area contributed by atoms with Crippen molar-refractivity contribution in [1.29, 1.82) is 0 Å². The van der Waals surface area contributed by atoms with Gasteiger partial charge in [0.25, 0.3) is 0 Å². The van der Waals surface area contributed by atoms with E-state index in [0.29, 0.717) is 24.3 Å². The maximum absolute atomic E-state index is 14.5. The van der Waals surface area contributed by atoms with E-state index < -0.39 is 0 Å². The van der Waals surface area contributed by atoms with Gasteiger partial charge in [0.1, 0.15) is 18.2 Å². The topological polar surface area (TPSA) is 71.7 Å². The molecule has 3 heterocycles. The number of aromatic nitrogens is 1. The van der Waals surface area contributed by atoms with Gasteiger partial charge in [-0.2, -0.15) is 0 Å². The van der Waals surface area contributed by atoms with E-state index in [1.165, 1.54) is 6.26 Å². The third kappa shape index (κ3) is 3.56. The lowest BCUT2D eigenvalue weighted by molar-refractivity contribution is 0.0948. The van der Waals surface area contributed by atoms with Gasteiger partial charge < -0.3 is 20.0 Å². The van der Waals surface area contributed by atoms with Gasteiger partial charge in [0.2, 0.25) is 0 Å². The van der Waals surface area contributed by atoms with Crippen molar-refractivity contribution in [3.8, 4) is 0 Å². The maximum Gasteiger partial charge on any atom is 0.169 e. The number of anilines is 1. The Morgan fingerprint density at radius 1 is 1.32 bits per heavy atom. The van der Waals surface area contributed by atoms with Gasteiger partial charge in [-0.1, -0.05) is 28.5 Å². The molecule has 0 amide bonds. The van der Waals surface area contributed by atoms with Crippen molar-refractivity contribution in [3.05, 3.63) is 53.5 Å². The van der Waals surface area contributed by atoms with E-state index in [9.17, 15) is 4.39 Å². The first kappa shape index (κ1) is 15.8. The Bertz CT molecular complexity index is 801. The Morgan fingerprint density at radius 2 is 2.28 bits per heavy atom. The zero-order chi connectivity index (χ0) is 17.1. The summed E-state index contributed by atoms with van der Waals surface area (Å²) in [5.41, 5.74) is 3.26. The lowest BCUT2D eigenvalue weighted by Gasteiger charge is -2.15. The first-order chi connectivity index (χ1) is 12.3. The van der Waals surface area contributed by atoms with Crippen LogP contribution in [0.2, 0.25) is 0 Å². The molecular weight excluding hydrogens is 323 g/mol. The van der Waals surface area contributed by atoms with Crippen LogP contribution in [0.5, 0.6) is 0 Å². The molecule has 0 aliphatic carbocycles. The van der Waals surface area contributed by atoms with Gasteiger partial charge in [-0.3, -0.25) is 0 Å². The van der Waals surface area contributed by atoms with Crippen molar-refractivity contribution in [2.24, 2.45) is 5.16 Å². The van der Waals surface area contributed by atoms with Crippen LogP contribution in [0.25, 0.3) is 5.57 Å². The van der Waals surface area contributed by atoms with Gasteiger partial charge in [0.15, 0.2) is 5.82 Å². The smallest absolute Gasteiger partial charge is 0.169 e. The van der Waals surface area contributed by atoms with Crippen LogP contribution < -0.4 is 10.6 Å². The Labute approximate surface area is 144 Å². The summed E-state index contributed by atoms with van der Waals surface area (Å²) in [6, 6.07) is 7.04. The number of nitrogens with one attached hydrogen (secondary N) is 2. The molecule has 7 heteroatoms. The third-order valence-corrected chi connectivity index (χ3v) is 4.39. The number of rotatable bonds is 5. The second kappa shape index (κ2) is 7.06. The summed E-state index contributed by atoms with van der Waals surface area (Å²) < 4.78 is 19.3. The van der Waals surface area contributed by atoms with Gasteiger partial charge in [-0.05, 0) is 24.6 Å². The van der Waals surface area contributed by atoms with Crippen LogP contribution in [0.4, 0.5) is 10.2 Å². The van der Waals surface area contributed by atoms with E-state index in [1.54, 1.807) is 12.1 Å². The minimum Gasteiger partial charge on any atom is -0.390 e. The highest BCUT2D eigenvalue weighted by Gasteiger charge is 2.23. The highest BCUT2D eigenvalue weighted by molar-refractivity contribution is 6.01. The molecule has 6 nitrogen and oxygen atoms in total. The van der Waals surface area contributed by atoms with Crippen LogP contribution in [0, 0.1) is 5.82 Å². The normalized spacial score (nSPS) is 20.0. The Hall–Kier alpha value is -2.67. The van der Waals surface area contributed by atoms with Crippen molar-refractivity contribution in [1.82, 2.24) is 10.5 Å². The molecule has 25 heavy (non-hydrogen) atoms. The zero-order valence-electron chi connectivity index (χ0n) is 13.7. The average Bonchev–Trinajstić information content (AvgIpc) is 3.32. The van der Waals surface area contributed by atoms with Gasteiger partial charge in [0.05, 0.1) is 12.3 Å². The molecule has 2 aromatic rings. The number of hydrogen-bond acceptors (Lipinski definition) is 6. The molecule has 0 bridgehead atoms. The fourth-order valence-corrected chi connectivity index (χ4v) is 3.05. The van der Waals surface area contributed by atoms with Crippen molar-refractivity contribution in [3.63, 3.8) is 0 Å². The predicted molar refractivity (Wildman–Crippen MR) is 92.9 cm³/mol. The first-order valence-electron chi connectivity index (χ1n) is 8.36. The molecule has 4 rings (SSSR count). The fraction of sp³-hybridized carbons (Fsp3) is 0.333. The van der Waals surface area contributed by atoms with Crippen LogP contribution in [0.15, 0.2) is 46.3 Å². The minimum absolute atomic E-state index is 0.110. The molecule has 0 saturated heterocycles. The largest absolute Gasteiger partial charge is 0.390 e. The Morgan fingerprint density at radius 3 is 3.04 bits per heavy atom. The van der Waals surface area contributed by atoms with Crippen molar-refractivity contribution in [2.75, 3.05) is 25.0 Å². The lowest BCUT2D eigenvalue weighted by Crippen LogP contribution is -2.20. The number of halogens is 1. The summed E-state index contributed by atoms with van der Waals surface area (Å²) in [4.78, 5) is 5.43. The summed E-state index contributed by atoms with van der Waals surface area (Å²) in [6.07, 6.45) is 4.90. The second-order valence-corrected chi connectivity index (χ2v) is 6.11. The van der Waals surface area contributed by atoms with Crippen molar-refractivity contribution < 1.29 is 13.8 Å². The number of benzene rings is 1. The number of nitrogens with zero attached hydrogens (tertiary/aromatic N) is 2. The maximum atomic E-state index is 14.5. The molecule has 0 fully saturated rings. The van der Waals surface area contributed by atoms with Crippen LogP contribution >= 0.6 is 0 Å². The quantitative estimate of drug-likeness (QED) is 0.874. The van der Waals surface area contributed by atoms with Crippen LogP contribution in [0.3, 0.4) is 0 Å². The van der Waals surface area contributed by atoms with E-state index in [1.807, 2.05) is 18.2 Å². The summed E-state index contributed by atoms with van der Waals surface area (Å²) in [5, 5.41) is 14.2. The molecule has 1 atom stereocenters. The summed E-state index contributed by atoms with van der Waals surface area (Å²) in [6.45, 7) is 2.23. The zero-order valence-corrected chi connectivity index (χ0v) is 13.7. The Kier molecular flexibility index (Phi) is 4.47. The molecule has 1 unspecified atom stereocenters. The molecule has 0 spiro atoms. The molecule has 0 radical (unpaired) electrons. The molecule has 1 aromatic heterocycles. The molecular formula is C18H19FN4O2. The molecule has 2 aliphatic rings. The molecule has 130 valence electrons. The molecule has 0 saturated carbocycles. The standard InChI is InChI=1S/C18H19FN4O2/c19-16-9-13(1-2-15(16)12-3-6-20-7-4-12)17-10-14(25-22-17)11-21-18-5-8-24-23-18/h1-3,5,8-9,14,20H,4,6-7,10-11H2,(H,21,23). The monoisotopic (exact) mass is 342 g/mol. The van der Waals surface area contributed by atoms with E-state index in [0.717, 1.165) is 36.4 Å². The fourth-order valence-electron chi connectivity index (χ4n) is 3.05. The van der Waals surface area contributed by atoms with E-state index >= 15 is 0 Å². The van der Waals surface area contributed by atoms with E-state index in [2.05, 4.69) is 20.9 Å². The van der Waals surface area contributed by atoms with Gasteiger partial charge in [0, 0.05) is 30.2 Å². The summed E-state index contributed by atoms with van der Waals surface area (Å²) in [5.74, 6) is 0.445. The number of oxime groups is 1. The van der Waals surface area contributed by atoms with Crippen molar-refractivity contribution >= 4 is 17.1 Å². The predicted octanol–water partition coefficient (Wildman–Crippen LogP) is 2.80. The van der Waals surface area contributed by atoms with E-state index in [-0.39, 0.29) is 11.9 Å².